The first-order valence-corrected chi connectivity index (χ1v) is 9.54. The van der Waals surface area contributed by atoms with Gasteiger partial charge < -0.3 is 10.6 Å². The molecule has 0 radical (unpaired) electrons. The monoisotopic (exact) mass is 395 g/mol. The van der Waals surface area contributed by atoms with Gasteiger partial charge in [-0.2, -0.15) is 0 Å². The fourth-order valence-electron chi connectivity index (χ4n) is 2.95. The minimum absolute atomic E-state index is 0. The van der Waals surface area contributed by atoms with Crippen LogP contribution in [0, 0.1) is 6.92 Å². The van der Waals surface area contributed by atoms with E-state index in [1.165, 1.54) is 18.7 Å². The highest BCUT2D eigenvalue weighted by Gasteiger charge is 2.24. The summed E-state index contributed by atoms with van der Waals surface area (Å²) in [5.74, 6) is -0.175. The fourth-order valence-corrected chi connectivity index (χ4v) is 3.94. The summed E-state index contributed by atoms with van der Waals surface area (Å²) in [6.45, 7) is 2.36. The standard InChI is InChI=1S/C18H21N3O3S.ClH/c1-12-7-8-15(10-17(12)25(23,24)19-2)21-18(22)16-9-13-5-3-4-6-14(13)11-20-16;/h3-8,10,16,19-20H,9,11H2,1-2H3,(H,21,22);1H. The van der Waals surface area contributed by atoms with Crippen molar-refractivity contribution in [3.63, 3.8) is 0 Å². The van der Waals surface area contributed by atoms with Gasteiger partial charge in [-0.05, 0) is 49.2 Å². The highest BCUT2D eigenvalue weighted by atomic mass is 35.5. The molecule has 1 aliphatic heterocycles. The molecule has 0 saturated heterocycles. The van der Waals surface area contributed by atoms with Gasteiger partial charge in [-0.3, -0.25) is 4.79 Å². The number of hydrogen-bond acceptors (Lipinski definition) is 4. The molecular formula is C18H22ClN3O3S. The van der Waals surface area contributed by atoms with Crippen molar-refractivity contribution in [1.82, 2.24) is 10.0 Å². The maximum atomic E-state index is 12.6. The van der Waals surface area contributed by atoms with Gasteiger partial charge in [0, 0.05) is 12.2 Å². The molecule has 1 amide bonds. The molecular weight excluding hydrogens is 374 g/mol. The van der Waals surface area contributed by atoms with E-state index in [0.717, 1.165) is 5.56 Å². The number of amides is 1. The van der Waals surface area contributed by atoms with Gasteiger partial charge in [0.2, 0.25) is 15.9 Å². The molecule has 2 aromatic carbocycles. The average molecular weight is 396 g/mol. The molecule has 6 nitrogen and oxygen atoms in total. The molecule has 26 heavy (non-hydrogen) atoms. The van der Waals surface area contributed by atoms with Crippen LogP contribution in [0.15, 0.2) is 47.4 Å². The van der Waals surface area contributed by atoms with E-state index in [-0.39, 0.29) is 29.3 Å². The van der Waals surface area contributed by atoms with E-state index >= 15 is 0 Å². The minimum atomic E-state index is -3.57. The first kappa shape index (κ1) is 20.4. The second-order valence-corrected chi connectivity index (χ2v) is 7.94. The number of sulfonamides is 1. The third kappa shape index (κ3) is 4.24. The molecule has 0 aliphatic carbocycles. The molecule has 3 N–H and O–H groups in total. The van der Waals surface area contributed by atoms with Gasteiger partial charge in [-0.25, -0.2) is 13.1 Å². The number of carbonyl (C=O) groups excluding carboxylic acids is 1. The van der Waals surface area contributed by atoms with E-state index in [4.69, 9.17) is 0 Å². The molecule has 1 unspecified atom stereocenters. The van der Waals surface area contributed by atoms with Crippen molar-refractivity contribution < 1.29 is 13.2 Å². The normalized spacial score (nSPS) is 16.3. The van der Waals surface area contributed by atoms with E-state index in [9.17, 15) is 13.2 Å². The quantitative estimate of drug-likeness (QED) is 0.738. The highest BCUT2D eigenvalue weighted by Crippen LogP contribution is 2.21. The van der Waals surface area contributed by atoms with Crippen molar-refractivity contribution in [2.75, 3.05) is 12.4 Å². The van der Waals surface area contributed by atoms with Crippen molar-refractivity contribution in [2.45, 2.75) is 30.8 Å². The SMILES string of the molecule is CNS(=O)(=O)c1cc(NC(=O)C2Cc3ccccc3CN2)ccc1C.Cl. The van der Waals surface area contributed by atoms with Crippen LogP contribution in [0.3, 0.4) is 0 Å². The van der Waals surface area contributed by atoms with Crippen molar-refractivity contribution >= 4 is 34.0 Å². The van der Waals surface area contributed by atoms with E-state index in [0.29, 0.717) is 24.2 Å². The molecule has 2 aromatic rings. The number of benzene rings is 2. The average Bonchev–Trinajstić information content (AvgIpc) is 2.62. The van der Waals surface area contributed by atoms with Crippen LogP contribution >= 0.6 is 12.4 Å². The molecule has 0 spiro atoms. The lowest BCUT2D eigenvalue weighted by atomic mass is 9.95. The molecule has 0 fully saturated rings. The summed E-state index contributed by atoms with van der Waals surface area (Å²) in [6.07, 6.45) is 0.607. The minimum Gasteiger partial charge on any atom is -0.325 e. The molecule has 1 atom stereocenters. The molecule has 1 heterocycles. The molecule has 0 aromatic heterocycles. The Morgan fingerprint density at radius 3 is 2.54 bits per heavy atom. The van der Waals surface area contributed by atoms with E-state index in [2.05, 4.69) is 15.4 Å². The summed E-state index contributed by atoms with van der Waals surface area (Å²) in [5.41, 5.74) is 3.44. The van der Waals surface area contributed by atoms with Gasteiger partial charge in [0.25, 0.3) is 0 Å². The lowest BCUT2D eigenvalue weighted by molar-refractivity contribution is -0.118. The Balaban J connectivity index is 0.00000243. The predicted octanol–water partition coefficient (Wildman–Crippen LogP) is 1.98. The number of anilines is 1. The van der Waals surface area contributed by atoms with Crippen molar-refractivity contribution in [3.8, 4) is 0 Å². The third-order valence-corrected chi connectivity index (χ3v) is 5.97. The van der Waals surface area contributed by atoms with E-state index in [1.807, 2.05) is 24.3 Å². The van der Waals surface area contributed by atoms with Gasteiger partial charge in [0.1, 0.15) is 0 Å². The molecule has 8 heteroatoms. The fraction of sp³-hybridized carbons (Fsp3) is 0.278. The van der Waals surface area contributed by atoms with Crippen LogP contribution in [0.4, 0.5) is 5.69 Å². The molecule has 140 valence electrons. The molecule has 0 bridgehead atoms. The number of carbonyl (C=O) groups is 1. The van der Waals surface area contributed by atoms with E-state index in [1.54, 1.807) is 19.1 Å². The summed E-state index contributed by atoms with van der Waals surface area (Å²) in [5, 5.41) is 6.03. The Morgan fingerprint density at radius 1 is 1.15 bits per heavy atom. The smallest absolute Gasteiger partial charge is 0.241 e. The number of fused-ring (bicyclic) bond motifs is 1. The Kier molecular flexibility index (Phi) is 6.41. The van der Waals surface area contributed by atoms with Crippen LogP contribution in [0.1, 0.15) is 16.7 Å². The van der Waals surface area contributed by atoms with Crippen LogP contribution in [0.2, 0.25) is 0 Å². The first-order chi connectivity index (χ1) is 11.9. The molecule has 1 aliphatic rings. The summed E-state index contributed by atoms with van der Waals surface area (Å²) in [7, 11) is -2.20. The summed E-state index contributed by atoms with van der Waals surface area (Å²) >= 11 is 0. The van der Waals surface area contributed by atoms with Crippen LogP contribution in [-0.2, 0) is 27.8 Å². The van der Waals surface area contributed by atoms with Crippen molar-refractivity contribution in [1.29, 1.82) is 0 Å². The van der Waals surface area contributed by atoms with Crippen LogP contribution < -0.4 is 15.4 Å². The number of rotatable bonds is 4. The third-order valence-electron chi connectivity index (χ3n) is 4.41. The zero-order chi connectivity index (χ0) is 18.0. The van der Waals surface area contributed by atoms with Gasteiger partial charge in [-0.15, -0.1) is 12.4 Å². The topological polar surface area (TPSA) is 87.3 Å². The zero-order valence-electron chi connectivity index (χ0n) is 14.6. The Labute approximate surface area is 159 Å². The summed E-state index contributed by atoms with van der Waals surface area (Å²) in [4.78, 5) is 12.7. The van der Waals surface area contributed by atoms with Crippen molar-refractivity contribution in [2.24, 2.45) is 0 Å². The zero-order valence-corrected chi connectivity index (χ0v) is 16.2. The van der Waals surface area contributed by atoms with Gasteiger partial charge in [-0.1, -0.05) is 30.3 Å². The van der Waals surface area contributed by atoms with Crippen LogP contribution in [0.5, 0.6) is 0 Å². The van der Waals surface area contributed by atoms with Gasteiger partial charge >= 0.3 is 0 Å². The first-order valence-electron chi connectivity index (χ1n) is 8.06. The number of nitrogens with one attached hydrogen (secondary N) is 3. The summed E-state index contributed by atoms with van der Waals surface area (Å²) in [6, 6.07) is 12.6. The maximum Gasteiger partial charge on any atom is 0.241 e. The van der Waals surface area contributed by atoms with Crippen LogP contribution in [-0.4, -0.2) is 27.4 Å². The largest absolute Gasteiger partial charge is 0.325 e. The predicted molar refractivity (Wildman–Crippen MR) is 104 cm³/mol. The highest BCUT2D eigenvalue weighted by molar-refractivity contribution is 7.89. The lowest BCUT2D eigenvalue weighted by Crippen LogP contribution is -2.44. The van der Waals surface area contributed by atoms with Gasteiger partial charge in [0.15, 0.2) is 0 Å². The van der Waals surface area contributed by atoms with Crippen molar-refractivity contribution in [3.05, 3.63) is 59.2 Å². The van der Waals surface area contributed by atoms with E-state index < -0.39 is 10.0 Å². The Hall–Kier alpha value is -1.93. The maximum absolute atomic E-state index is 12.6. The lowest BCUT2D eigenvalue weighted by Gasteiger charge is -2.25. The Morgan fingerprint density at radius 2 is 1.85 bits per heavy atom. The number of halogens is 1. The number of hydrogen-bond donors (Lipinski definition) is 3. The molecule has 3 rings (SSSR count). The second-order valence-electron chi connectivity index (χ2n) is 6.08. The van der Waals surface area contributed by atoms with Gasteiger partial charge in [0.05, 0.1) is 10.9 Å². The summed E-state index contributed by atoms with van der Waals surface area (Å²) < 4.78 is 26.4. The Bertz CT molecular complexity index is 916. The molecule has 0 saturated carbocycles. The number of aryl methyl sites for hydroxylation is 1. The van der Waals surface area contributed by atoms with Crippen LogP contribution in [0.25, 0.3) is 0 Å². The second kappa shape index (κ2) is 8.18.